The third kappa shape index (κ3) is 3.40. The molecule has 0 aromatic heterocycles. The van der Waals surface area contributed by atoms with Crippen molar-refractivity contribution in [2.75, 3.05) is 32.8 Å². The number of ether oxygens (including phenoxy) is 1. The van der Waals surface area contributed by atoms with Crippen LogP contribution < -0.4 is 4.74 Å². The topological polar surface area (TPSA) is 49.9 Å². The second-order valence-electron chi connectivity index (χ2n) is 6.80. The molecule has 5 heteroatoms. The predicted molar refractivity (Wildman–Crippen MR) is 91.7 cm³/mol. The van der Waals surface area contributed by atoms with Gasteiger partial charge in [0.1, 0.15) is 5.75 Å². The molecule has 2 aliphatic heterocycles. The van der Waals surface area contributed by atoms with Gasteiger partial charge in [0.05, 0.1) is 18.4 Å². The van der Waals surface area contributed by atoms with E-state index in [1.54, 1.807) is 0 Å². The summed E-state index contributed by atoms with van der Waals surface area (Å²) in [6.07, 6.45) is 3.03. The molecule has 24 heavy (non-hydrogen) atoms. The molecule has 1 atom stereocenters. The van der Waals surface area contributed by atoms with E-state index >= 15 is 0 Å². The van der Waals surface area contributed by atoms with Gasteiger partial charge < -0.3 is 14.5 Å². The molecule has 0 bridgehead atoms. The minimum atomic E-state index is -0.314. The lowest BCUT2D eigenvalue weighted by atomic mass is 9.85. The van der Waals surface area contributed by atoms with Crippen LogP contribution in [0.2, 0.25) is 0 Å². The lowest BCUT2D eigenvalue weighted by molar-refractivity contribution is -0.136. The minimum Gasteiger partial charge on any atom is -0.493 e. The molecule has 0 radical (unpaired) electrons. The van der Waals surface area contributed by atoms with E-state index in [4.69, 9.17) is 4.74 Å². The Balaban J connectivity index is 1.48. The summed E-state index contributed by atoms with van der Waals surface area (Å²) < 4.78 is 5.60. The Hall–Kier alpha value is -2.04. The van der Waals surface area contributed by atoms with E-state index < -0.39 is 0 Å². The fraction of sp³-hybridized carbons (Fsp3) is 0.579. The standard InChI is InChI=1S/C19H26N2O3/c1-2-11-20-12-9-19(18(20)23)10-13-21(15-19)17(22)8-14-24-16-6-4-3-5-7-16/h3-7H,2,8-15H2,1H3. The molecule has 0 N–H and O–H groups in total. The molecule has 1 unspecified atom stereocenters. The first kappa shape index (κ1) is 16.8. The summed E-state index contributed by atoms with van der Waals surface area (Å²) >= 11 is 0. The van der Waals surface area contributed by atoms with Crippen molar-refractivity contribution in [2.45, 2.75) is 32.6 Å². The maximum Gasteiger partial charge on any atom is 0.230 e. The molecule has 2 aliphatic rings. The summed E-state index contributed by atoms with van der Waals surface area (Å²) in [5.41, 5.74) is -0.314. The number of hydrogen-bond acceptors (Lipinski definition) is 3. The average molecular weight is 330 g/mol. The van der Waals surface area contributed by atoms with Gasteiger partial charge in [0.15, 0.2) is 0 Å². The molecule has 0 saturated carbocycles. The average Bonchev–Trinajstić information content (AvgIpc) is 3.16. The van der Waals surface area contributed by atoms with E-state index in [1.165, 1.54) is 0 Å². The van der Waals surface area contributed by atoms with Crippen LogP contribution in [0.15, 0.2) is 30.3 Å². The van der Waals surface area contributed by atoms with Crippen LogP contribution in [-0.2, 0) is 9.59 Å². The highest BCUT2D eigenvalue weighted by Gasteiger charge is 2.51. The van der Waals surface area contributed by atoms with Gasteiger partial charge in [0, 0.05) is 26.2 Å². The molecule has 5 nitrogen and oxygen atoms in total. The van der Waals surface area contributed by atoms with Crippen LogP contribution in [0.3, 0.4) is 0 Å². The van der Waals surface area contributed by atoms with Crippen molar-refractivity contribution in [2.24, 2.45) is 5.41 Å². The molecule has 2 fully saturated rings. The fourth-order valence-corrected chi connectivity index (χ4v) is 3.77. The Morgan fingerprint density at radius 3 is 2.71 bits per heavy atom. The first-order valence-corrected chi connectivity index (χ1v) is 8.90. The van der Waals surface area contributed by atoms with Crippen LogP contribution >= 0.6 is 0 Å². The minimum absolute atomic E-state index is 0.0875. The molecule has 3 rings (SSSR count). The van der Waals surface area contributed by atoms with Crippen molar-refractivity contribution in [3.05, 3.63) is 30.3 Å². The number of amides is 2. The van der Waals surface area contributed by atoms with Crippen LogP contribution in [0.5, 0.6) is 5.75 Å². The van der Waals surface area contributed by atoms with Gasteiger partial charge in [-0.25, -0.2) is 0 Å². The Labute approximate surface area is 143 Å². The van der Waals surface area contributed by atoms with E-state index in [1.807, 2.05) is 40.1 Å². The molecular weight excluding hydrogens is 304 g/mol. The van der Waals surface area contributed by atoms with E-state index in [2.05, 4.69) is 6.92 Å². The fourth-order valence-electron chi connectivity index (χ4n) is 3.77. The summed E-state index contributed by atoms with van der Waals surface area (Å²) in [6.45, 7) is 5.41. The zero-order chi connectivity index (χ0) is 17.0. The maximum atomic E-state index is 12.6. The maximum absolute atomic E-state index is 12.6. The molecule has 2 saturated heterocycles. The third-order valence-electron chi connectivity index (χ3n) is 5.13. The second kappa shape index (κ2) is 7.24. The van der Waals surface area contributed by atoms with Crippen molar-refractivity contribution < 1.29 is 14.3 Å². The number of para-hydroxylation sites is 1. The van der Waals surface area contributed by atoms with Gasteiger partial charge in [-0.15, -0.1) is 0 Å². The number of hydrogen-bond donors (Lipinski definition) is 0. The number of carbonyl (C=O) groups is 2. The first-order valence-electron chi connectivity index (χ1n) is 8.90. The quantitative estimate of drug-likeness (QED) is 0.804. The number of benzene rings is 1. The van der Waals surface area contributed by atoms with Gasteiger partial charge in [-0.3, -0.25) is 9.59 Å². The van der Waals surface area contributed by atoms with Gasteiger partial charge in [0.2, 0.25) is 11.8 Å². The Morgan fingerprint density at radius 1 is 1.21 bits per heavy atom. The van der Waals surface area contributed by atoms with Gasteiger partial charge in [-0.2, -0.15) is 0 Å². The normalized spacial score (nSPS) is 23.3. The van der Waals surface area contributed by atoms with Crippen LogP contribution in [0, 0.1) is 5.41 Å². The van der Waals surface area contributed by atoms with Crippen LogP contribution in [0.25, 0.3) is 0 Å². The van der Waals surface area contributed by atoms with Crippen molar-refractivity contribution in [1.29, 1.82) is 0 Å². The summed E-state index contributed by atoms with van der Waals surface area (Å²) in [6, 6.07) is 9.52. The van der Waals surface area contributed by atoms with Crippen molar-refractivity contribution >= 4 is 11.8 Å². The molecular formula is C19H26N2O3. The van der Waals surface area contributed by atoms with Crippen LogP contribution in [-0.4, -0.2) is 54.4 Å². The lowest BCUT2D eigenvalue weighted by Gasteiger charge is -2.23. The summed E-state index contributed by atoms with van der Waals surface area (Å²) in [5, 5.41) is 0. The molecule has 2 heterocycles. The third-order valence-corrected chi connectivity index (χ3v) is 5.13. The number of carbonyl (C=O) groups excluding carboxylic acids is 2. The van der Waals surface area contributed by atoms with Crippen molar-refractivity contribution in [3.8, 4) is 5.75 Å². The molecule has 2 amide bonds. The number of rotatable bonds is 6. The van der Waals surface area contributed by atoms with Gasteiger partial charge in [0.25, 0.3) is 0 Å². The van der Waals surface area contributed by atoms with E-state index in [9.17, 15) is 9.59 Å². The van der Waals surface area contributed by atoms with E-state index in [-0.39, 0.29) is 17.2 Å². The van der Waals surface area contributed by atoms with E-state index in [0.29, 0.717) is 26.1 Å². The highest BCUT2D eigenvalue weighted by atomic mass is 16.5. The van der Waals surface area contributed by atoms with Gasteiger partial charge in [-0.1, -0.05) is 25.1 Å². The molecule has 130 valence electrons. The molecule has 0 aliphatic carbocycles. The zero-order valence-electron chi connectivity index (χ0n) is 14.4. The SMILES string of the molecule is CCCN1CCC2(CCN(C(=O)CCOc3ccccc3)C2)C1=O. The molecule has 1 spiro atoms. The monoisotopic (exact) mass is 330 g/mol. The number of likely N-dealkylation sites (tertiary alicyclic amines) is 2. The van der Waals surface area contributed by atoms with Crippen molar-refractivity contribution in [1.82, 2.24) is 9.80 Å². The Morgan fingerprint density at radius 2 is 1.96 bits per heavy atom. The summed E-state index contributed by atoms with van der Waals surface area (Å²) in [4.78, 5) is 28.9. The van der Waals surface area contributed by atoms with E-state index in [0.717, 1.165) is 38.1 Å². The lowest BCUT2D eigenvalue weighted by Crippen LogP contribution is -2.38. The highest BCUT2D eigenvalue weighted by Crippen LogP contribution is 2.40. The Bertz CT molecular complexity index is 590. The molecule has 1 aromatic carbocycles. The predicted octanol–water partition coefficient (Wildman–Crippen LogP) is 2.32. The van der Waals surface area contributed by atoms with Crippen LogP contribution in [0.1, 0.15) is 32.6 Å². The molecule has 1 aromatic rings. The first-order chi connectivity index (χ1) is 11.6. The Kier molecular flexibility index (Phi) is 5.07. The summed E-state index contributed by atoms with van der Waals surface area (Å²) in [5.74, 6) is 1.12. The van der Waals surface area contributed by atoms with Crippen molar-refractivity contribution in [3.63, 3.8) is 0 Å². The largest absolute Gasteiger partial charge is 0.493 e. The zero-order valence-corrected chi connectivity index (χ0v) is 14.4. The number of nitrogens with zero attached hydrogens (tertiary/aromatic N) is 2. The van der Waals surface area contributed by atoms with Gasteiger partial charge in [-0.05, 0) is 31.4 Å². The second-order valence-corrected chi connectivity index (χ2v) is 6.80. The highest BCUT2D eigenvalue weighted by molar-refractivity contribution is 5.87. The van der Waals surface area contributed by atoms with Crippen LogP contribution in [0.4, 0.5) is 0 Å². The van der Waals surface area contributed by atoms with Gasteiger partial charge >= 0.3 is 0 Å². The smallest absolute Gasteiger partial charge is 0.230 e. The summed E-state index contributed by atoms with van der Waals surface area (Å²) in [7, 11) is 0.